The van der Waals surface area contributed by atoms with E-state index in [1.165, 1.54) is 16.7 Å². The summed E-state index contributed by atoms with van der Waals surface area (Å²) in [6, 6.07) is 14.4. The van der Waals surface area contributed by atoms with Gasteiger partial charge in [-0.2, -0.15) is 0 Å². The van der Waals surface area contributed by atoms with E-state index in [-0.39, 0.29) is 0 Å². The van der Waals surface area contributed by atoms with E-state index in [0.29, 0.717) is 6.61 Å². The van der Waals surface area contributed by atoms with Crippen LogP contribution < -0.4 is 14.2 Å². The molecule has 138 valence electrons. The van der Waals surface area contributed by atoms with Crippen LogP contribution in [0.25, 0.3) is 5.57 Å². The molecule has 0 bridgehead atoms. The van der Waals surface area contributed by atoms with Gasteiger partial charge in [-0.25, -0.2) is 0 Å². The van der Waals surface area contributed by atoms with Crippen molar-refractivity contribution < 1.29 is 14.2 Å². The van der Waals surface area contributed by atoms with Crippen molar-refractivity contribution in [2.75, 3.05) is 33.9 Å². The van der Waals surface area contributed by atoms with Gasteiger partial charge in [0, 0.05) is 31.3 Å². The smallest absolute Gasteiger partial charge is 0.127 e. The van der Waals surface area contributed by atoms with Gasteiger partial charge < -0.3 is 14.2 Å². The van der Waals surface area contributed by atoms with Gasteiger partial charge in [0.25, 0.3) is 0 Å². The van der Waals surface area contributed by atoms with Crippen molar-refractivity contribution in [2.24, 2.45) is 0 Å². The predicted molar refractivity (Wildman–Crippen MR) is 105 cm³/mol. The Hall–Kier alpha value is -2.46. The fraction of sp³-hybridized carbons (Fsp3) is 0.364. The highest BCUT2D eigenvalue weighted by Gasteiger charge is 2.16. The summed E-state index contributed by atoms with van der Waals surface area (Å²) >= 11 is 0. The number of methoxy groups -OCH3 is 2. The molecule has 4 nitrogen and oxygen atoms in total. The van der Waals surface area contributed by atoms with Crippen molar-refractivity contribution in [1.82, 2.24) is 4.90 Å². The molecule has 2 aromatic rings. The Morgan fingerprint density at radius 2 is 1.73 bits per heavy atom. The molecule has 4 heteroatoms. The Balaban J connectivity index is 1.69. The van der Waals surface area contributed by atoms with E-state index in [1.54, 1.807) is 14.2 Å². The molecule has 0 fully saturated rings. The topological polar surface area (TPSA) is 30.9 Å². The van der Waals surface area contributed by atoms with Gasteiger partial charge in [-0.1, -0.05) is 24.3 Å². The standard InChI is InChI=1S/C22H27NO3/c1-4-26-20-10-7-17(8-11-20)18-6-5-13-23(15-18)16-19-9-12-21(24-2)14-22(19)25-3/h6-12,14H,4-5,13,15-16H2,1-3H3. The van der Waals surface area contributed by atoms with Crippen LogP contribution in [0.1, 0.15) is 24.5 Å². The average molecular weight is 353 g/mol. The van der Waals surface area contributed by atoms with Crippen LogP contribution in [-0.2, 0) is 6.54 Å². The van der Waals surface area contributed by atoms with Gasteiger partial charge in [-0.3, -0.25) is 4.90 Å². The summed E-state index contributed by atoms with van der Waals surface area (Å²) in [5, 5.41) is 0. The van der Waals surface area contributed by atoms with Gasteiger partial charge >= 0.3 is 0 Å². The van der Waals surface area contributed by atoms with Crippen LogP contribution in [-0.4, -0.2) is 38.8 Å². The molecule has 0 aromatic heterocycles. The molecule has 0 unspecified atom stereocenters. The highest BCUT2D eigenvalue weighted by atomic mass is 16.5. The molecule has 1 aliphatic rings. The van der Waals surface area contributed by atoms with E-state index < -0.39 is 0 Å². The number of hydrogen-bond donors (Lipinski definition) is 0. The van der Waals surface area contributed by atoms with Crippen molar-refractivity contribution in [3.63, 3.8) is 0 Å². The van der Waals surface area contributed by atoms with Crippen molar-refractivity contribution in [2.45, 2.75) is 19.9 Å². The van der Waals surface area contributed by atoms with E-state index in [2.05, 4.69) is 29.2 Å². The number of benzene rings is 2. The molecule has 1 heterocycles. The number of ether oxygens (including phenoxy) is 3. The van der Waals surface area contributed by atoms with Gasteiger partial charge in [0.2, 0.25) is 0 Å². The van der Waals surface area contributed by atoms with E-state index in [0.717, 1.165) is 43.3 Å². The van der Waals surface area contributed by atoms with Crippen LogP contribution in [0.4, 0.5) is 0 Å². The monoisotopic (exact) mass is 353 g/mol. The lowest BCUT2D eigenvalue weighted by atomic mass is 10.0. The lowest BCUT2D eigenvalue weighted by molar-refractivity contribution is 0.289. The van der Waals surface area contributed by atoms with Crippen LogP contribution in [0.3, 0.4) is 0 Å². The van der Waals surface area contributed by atoms with Gasteiger partial charge in [-0.05, 0) is 42.7 Å². The SMILES string of the molecule is CCOc1ccc(C2=CCCN(Cc3ccc(OC)cc3OC)C2)cc1. The van der Waals surface area contributed by atoms with Crippen molar-refractivity contribution >= 4 is 5.57 Å². The van der Waals surface area contributed by atoms with Crippen LogP contribution in [0.15, 0.2) is 48.5 Å². The average Bonchev–Trinajstić information content (AvgIpc) is 2.69. The number of rotatable bonds is 7. The van der Waals surface area contributed by atoms with Gasteiger partial charge in [0.1, 0.15) is 17.2 Å². The lowest BCUT2D eigenvalue weighted by Gasteiger charge is -2.28. The second kappa shape index (κ2) is 8.77. The Morgan fingerprint density at radius 3 is 2.42 bits per heavy atom. The Bertz CT molecular complexity index is 752. The molecule has 0 amide bonds. The summed E-state index contributed by atoms with van der Waals surface area (Å²) in [6.07, 6.45) is 3.40. The Labute approximate surface area is 156 Å². The van der Waals surface area contributed by atoms with Crippen LogP contribution in [0, 0.1) is 0 Å². The van der Waals surface area contributed by atoms with Crippen LogP contribution in [0.2, 0.25) is 0 Å². The first-order valence-corrected chi connectivity index (χ1v) is 9.09. The van der Waals surface area contributed by atoms with Crippen molar-refractivity contribution in [1.29, 1.82) is 0 Å². The highest BCUT2D eigenvalue weighted by molar-refractivity contribution is 5.68. The second-order valence-electron chi connectivity index (χ2n) is 6.36. The van der Waals surface area contributed by atoms with Gasteiger partial charge in [-0.15, -0.1) is 0 Å². The van der Waals surface area contributed by atoms with E-state index in [4.69, 9.17) is 14.2 Å². The summed E-state index contributed by atoms with van der Waals surface area (Å²) in [5.41, 5.74) is 3.81. The predicted octanol–water partition coefficient (Wildman–Crippen LogP) is 4.39. The Morgan fingerprint density at radius 1 is 0.962 bits per heavy atom. The molecular formula is C22H27NO3. The molecule has 2 aromatic carbocycles. The molecule has 3 rings (SSSR count). The molecule has 0 spiro atoms. The summed E-state index contributed by atoms with van der Waals surface area (Å²) in [7, 11) is 3.38. The molecule has 0 aliphatic carbocycles. The summed E-state index contributed by atoms with van der Waals surface area (Å²) < 4.78 is 16.4. The van der Waals surface area contributed by atoms with Crippen LogP contribution in [0.5, 0.6) is 17.2 Å². The lowest BCUT2D eigenvalue weighted by Crippen LogP contribution is -2.29. The molecule has 0 saturated carbocycles. The van der Waals surface area contributed by atoms with Gasteiger partial charge in [0.05, 0.1) is 20.8 Å². The van der Waals surface area contributed by atoms with E-state index in [9.17, 15) is 0 Å². The minimum absolute atomic E-state index is 0.694. The maximum absolute atomic E-state index is 5.54. The third-order valence-corrected chi connectivity index (χ3v) is 4.65. The minimum atomic E-state index is 0.694. The molecule has 1 aliphatic heterocycles. The number of nitrogens with zero attached hydrogens (tertiary/aromatic N) is 1. The third-order valence-electron chi connectivity index (χ3n) is 4.65. The zero-order valence-corrected chi connectivity index (χ0v) is 15.8. The first-order valence-electron chi connectivity index (χ1n) is 9.09. The van der Waals surface area contributed by atoms with Crippen molar-refractivity contribution in [3.05, 3.63) is 59.7 Å². The summed E-state index contributed by atoms with van der Waals surface area (Å²) in [4.78, 5) is 2.45. The molecule has 0 radical (unpaired) electrons. The quantitative estimate of drug-likeness (QED) is 0.739. The maximum Gasteiger partial charge on any atom is 0.127 e. The van der Waals surface area contributed by atoms with Crippen molar-refractivity contribution in [3.8, 4) is 17.2 Å². The molecule has 26 heavy (non-hydrogen) atoms. The molecule has 0 saturated heterocycles. The number of hydrogen-bond acceptors (Lipinski definition) is 4. The zero-order valence-electron chi connectivity index (χ0n) is 15.8. The van der Waals surface area contributed by atoms with E-state index >= 15 is 0 Å². The largest absolute Gasteiger partial charge is 0.497 e. The zero-order chi connectivity index (χ0) is 18.4. The summed E-state index contributed by atoms with van der Waals surface area (Å²) in [6.45, 7) is 5.54. The first-order chi connectivity index (χ1) is 12.7. The van der Waals surface area contributed by atoms with Gasteiger partial charge in [0.15, 0.2) is 0 Å². The fourth-order valence-electron chi connectivity index (χ4n) is 3.31. The first kappa shape index (κ1) is 18.3. The molecular weight excluding hydrogens is 326 g/mol. The second-order valence-corrected chi connectivity index (χ2v) is 6.36. The van der Waals surface area contributed by atoms with E-state index in [1.807, 2.05) is 31.2 Å². The maximum atomic E-state index is 5.54. The third kappa shape index (κ3) is 4.38. The normalized spacial score (nSPS) is 14.7. The molecule has 0 atom stereocenters. The summed E-state index contributed by atoms with van der Waals surface area (Å²) in [5.74, 6) is 2.62. The minimum Gasteiger partial charge on any atom is -0.497 e. The Kier molecular flexibility index (Phi) is 6.18. The highest BCUT2D eigenvalue weighted by Crippen LogP contribution is 2.28. The fourth-order valence-corrected chi connectivity index (χ4v) is 3.31. The van der Waals surface area contributed by atoms with Crippen LogP contribution >= 0.6 is 0 Å². The molecule has 0 N–H and O–H groups in total.